The number of aromatic nitrogens is 1. The molecule has 0 unspecified atom stereocenters. The maximum atomic E-state index is 12.7. The van der Waals surface area contributed by atoms with E-state index in [1.54, 1.807) is 29.0 Å². The third-order valence-electron chi connectivity index (χ3n) is 4.44. The number of aryl methyl sites for hydroxylation is 1. The Kier molecular flexibility index (Phi) is 6.45. The van der Waals surface area contributed by atoms with Crippen LogP contribution in [-0.2, 0) is 16.1 Å². The molecular weight excluding hydrogens is 356 g/mol. The molecule has 1 amide bonds. The Bertz CT molecular complexity index is 1030. The number of pyridine rings is 1. The van der Waals surface area contributed by atoms with Crippen molar-refractivity contribution in [3.8, 4) is 5.75 Å². The molecule has 0 spiro atoms. The third-order valence-corrected chi connectivity index (χ3v) is 4.44. The van der Waals surface area contributed by atoms with Crippen LogP contribution in [-0.4, -0.2) is 30.3 Å². The summed E-state index contributed by atoms with van der Waals surface area (Å²) in [6.45, 7) is 5.30. The van der Waals surface area contributed by atoms with Crippen molar-refractivity contribution in [3.05, 3.63) is 70.6 Å². The molecule has 1 heterocycles. The van der Waals surface area contributed by atoms with Crippen LogP contribution in [0.3, 0.4) is 0 Å². The number of carbonyl (C=O) groups excluding carboxylic acids is 1. The van der Waals surface area contributed by atoms with Gasteiger partial charge in [0.05, 0.1) is 12.0 Å². The Hall–Kier alpha value is -3.12. The average molecular weight is 380 g/mol. The second-order valence-electron chi connectivity index (χ2n) is 6.38. The van der Waals surface area contributed by atoms with Crippen molar-refractivity contribution in [3.63, 3.8) is 0 Å². The highest BCUT2D eigenvalue weighted by molar-refractivity contribution is 5.93. The summed E-state index contributed by atoms with van der Waals surface area (Å²) >= 11 is 0. The zero-order valence-corrected chi connectivity index (χ0v) is 16.1. The average Bonchev–Trinajstić information content (AvgIpc) is 2.70. The highest BCUT2D eigenvalue weighted by atomic mass is 16.5. The topological polar surface area (TPSA) is 69.6 Å². The van der Waals surface area contributed by atoms with E-state index >= 15 is 0 Å². The zero-order valence-electron chi connectivity index (χ0n) is 16.1. The number of amides is 1. The first-order chi connectivity index (χ1) is 13.6. The van der Waals surface area contributed by atoms with E-state index in [1.807, 2.05) is 44.2 Å². The summed E-state index contributed by atoms with van der Waals surface area (Å²) in [4.78, 5) is 24.9. The number of ether oxygens (including phenoxy) is 2. The summed E-state index contributed by atoms with van der Waals surface area (Å²) in [5.41, 5.74) is 1.63. The molecule has 0 saturated carbocycles. The van der Waals surface area contributed by atoms with Crippen molar-refractivity contribution in [1.82, 2.24) is 4.57 Å². The van der Waals surface area contributed by atoms with Gasteiger partial charge in [-0.2, -0.15) is 0 Å². The fourth-order valence-electron chi connectivity index (χ4n) is 2.94. The number of anilines is 1. The lowest BCUT2D eigenvalue weighted by Gasteiger charge is -2.12. The van der Waals surface area contributed by atoms with Gasteiger partial charge >= 0.3 is 0 Å². The van der Waals surface area contributed by atoms with Crippen LogP contribution in [0.5, 0.6) is 5.75 Å². The van der Waals surface area contributed by atoms with Crippen molar-refractivity contribution in [2.75, 3.05) is 25.1 Å². The molecule has 0 fully saturated rings. The minimum atomic E-state index is -0.253. The summed E-state index contributed by atoms with van der Waals surface area (Å²) in [6, 6.07) is 14.7. The van der Waals surface area contributed by atoms with E-state index in [9.17, 15) is 9.59 Å². The lowest BCUT2D eigenvalue weighted by Crippen LogP contribution is -2.23. The second-order valence-corrected chi connectivity index (χ2v) is 6.38. The molecule has 1 N–H and O–H groups in total. The molecule has 0 aliphatic heterocycles. The van der Waals surface area contributed by atoms with Crippen LogP contribution in [0.15, 0.2) is 59.5 Å². The van der Waals surface area contributed by atoms with Crippen LogP contribution in [0.2, 0.25) is 0 Å². The Morgan fingerprint density at radius 2 is 1.89 bits per heavy atom. The van der Waals surface area contributed by atoms with Crippen molar-refractivity contribution in [1.29, 1.82) is 0 Å². The van der Waals surface area contributed by atoms with E-state index in [0.29, 0.717) is 36.3 Å². The van der Waals surface area contributed by atoms with E-state index in [4.69, 9.17) is 9.47 Å². The molecule has 146 valence electrons. The van der Waals surface area contributed by atoms with Gasteiger partial charge in [0.25, 0.3) is 11.5 Å². The van der Waals surface area contributed by atoms with Crippen molar-refractivity contribution in [2.45, 2.75) is 20.4 Å². The van der Waals surface area contributed by atoms with E-state index in [2.05, 4.69) is 5.32 Å². The van der Waals surface area contributed by atoms with E-state index in [0.717, 1.165) is 11.3 Å². The van der Waals surface area contributed by atoms with Crippen LogP contribution in [0.4, 0.5) is 5.69 Å². The fraction of sp³-hybridized carbons (Fsp3) is 0.273. The highest BCUT2D eigenvalue weighted by Crippen LogP contribution is 2.23. The number of hydrogen-bond acceptors (Lipinski definition) is 4. The molecule has 0 atom stereocenters. The Morgan fingerprint density at radius 3 is 2.68 bits per heavy atom. The molecule has 3 rings (SSSR count). The van der Waals surface area contributed by atoms with Gasteiger partial charge in [-0.05, 0) is 43.7 Å². The van der Waals surface area contributed by atoms with E-state index in [1.165, 1.54) is 0 Å². The summed E-state index contributed by atoms with van der Waals surface area (Å²) in [5, 5.41) is 4.07. The monoisotopic (exact) mass is 380 g/mol. The third kappa shape index (κ3) is 4.58. The van der Waals surface area contributed by atoms with Crippen molar-refractivity contribution in [2.24, 2.45) is 0 Å². The summed E-state index contributed by atoms with van der Waals surface area (Å²) < 4.78 is 12.6. The van der Waals surface area contributed by atoms with Gasteiger partial charge in [-0.1, -0.05) is 24.3 Å². The van der Waals surface area contributed by atoms with Crippen LogP contribution in [0.25, 0.3) is 10.8 Å². The lowest BCUT2D eigenvalue weighted by molar-refractivity contribution is -0.118. The standard InChI is InChI=1S/C22H24N2O4/c1-3-27-14-13-24-12-11-17-18(22(24)26)8-6-10-20(17)28-15-21(25)23-19-9-5-4-7-16(19)2/h4-12H,3,13-15H2,1-2H3,(H,23,25). The molecule has 2 aromatic carbocycles. The van der Waals surface area contributed by atoms with Gasteiger partial charge in [-0.25, -0.2) is 0 Å². The predicted octanol–water partition coefficient (Wildman–Crippen LogP) is 3.36. The van der Waals surface area contributed by atoms with Gasteiger partial charge < -0.3 is 19.4 Å². The van der Waals surface area contributed by atoms with Crippen LogP contribution >= 0.6 is 0 Å². The molecule has 3 aromatic rings. The number of hydrogen-bond donors (Lipinski definition) is 1. The second kappa shape index (κ2) is 9.19. The normalized spacial score (nSPS) is 10.8. The van der Waals surface area contributed by atoms with Crippen LogP contribution in [0.1, 0.15) is 12.5 Å². The maximum absolute atomic E-state index is 12.7. The first-order valence-corrected chi connectivity index (χ1v) is 9.28. The van der Waals surface area contributed by atoms with E-state index < -0.39 is 0 Å². The molecular formula is C22H24N2O4. The largest absolute Gasteiger partial charge is 0.483 e. The Morgan fingerprint density at radius 1 is 1.07 bits per heavy atom. The number of nitrogens with zero attached hydrogens (tertiary/aromatic N) is 1. The highest BCUT2D eigenvalue weighted by Gasteiger charge is 2.10. The first kappa shape index (κ1) is 19.6. The van der Waals surface area contributed by atoms with Gasteiger partial charge in [0.15, 0.2) is 6.61 Å². The van der Waals surface area contributed by atoms with Gasteiger partial charge in [-0.3, -0.25) is 9.59 Å². The van der Waals surface area contributed by atoms with E-state index in [-0.39, 0.29) is 18.1 Å². The zero-order chi connectivity index (χ0) is 19.9. The van der Waals surface area contributed by atoms with Gasteiger partial charge in [0.1, 0.15) is 5.75 Å². The van der Waals surface area contributed by atoms with Crippen molar-refractivity contribution < 1.29 is 14.3 Å². The van der Waals surface area contributed by atoms with Crippen LogP contribution in [0, 0.1) is 6.92 Å². The van der Waals surface area contributed by atoms with Gasteiger partial charge in [0, 0.05) is 30.4 Å². The molecule has 0 aliphatic carbocycles. The SMILES string of the molecule is CCOCCn1ccc2c(OCC(=O)Nc3ccccc3C)cccc2c1=O. The molecule has 1 aromatic heterocycles. The molecule has 0 aliphatic rings. The number of para-hydroxylation sites is 1. The molecule has 0 bridgehead atoms. The maximum Gasteiger partial charge on any atom is 0.262 e. The summed E-state index contributed by atoms with van der Waals surface area (Å²) in [7, 11) is 0. The summed E-state index contributed by atoms with van der Waals surface area (Å²) in [6.07, 6.45) is 1.73. The smallest absolute Gasteiger partial charge is 0.262 e. The molecule has 0 radical (unpaired) electrons. The Balaban J connectivity index is 1.73. The quantitative estimate of drug-likeness (QED) is 0.609. The van der Waals surface area contributed by atoms with Gasteiger partial charge in [-0.15, -0.1) is 0 Å². The Labute approximate surface area is 163 Å². The number of carbonyl (C=O) groups is 1. The molecule has 0 saturated heterocycles. The van der Waals surface area contributed by atoms with Crippen molar-refractivity contribution >= 4 is 22.4 Å². The molecule has 6 heteroatoms. The molecule has 28 heavy (non-hydrogen) atoms. The minimum Gasteiger partial charge on any atom is -0.483 e. The number of fused-ring (bicyclic) bond motifs is 1. The fourth-order valence-corrected chi connectivity index (χ4v) is 2.94. The first-order valence-electron chi connectivity index (χ1n) is 9.28. The molecule has 6 nitrogen and oxygen atoms in total. The number of nitrogens with one attached hydrogen (secondary N) is 1. The number of rotatable bonds is 8. The number of benzene rings is 2. The van der Waals surface area contributed by atoms with Gasteiger partial charge in [0.2, 0.25) is 0 Å². The predicted molar refractivity (Wildman–Crippen MR) is 110 cm³/mol. The summed E-state index contributed by atoms with van der Waals surface area (Å²) in [5.74, 6) is 0.253. The van der Waals surface area contributed by atoms with Crippen LogP contribution < -0.4 is 15.6 Å². The minimum absolute atomic E-state index is 0.105. The lowest BCUT2D eigenvalue weighted by atomic mass is 10.1.